The summed E-state index contributed by atoms with van der Waals surface area (Å²) in [6, 6.07) is 5.25. The molecule has 0 saturated carbocycles. The quantitative estimate of drug-likeness (QED) is 0.209. The Labute approximate surface area is 218 Å². The molecule has 3 rings (SSSR count). The van der Waals surface area contributed by atoms with E-state index in [1.807, 2.05) is 13.8 Å². The number of aliphatic carboxylic acids is 1. The number of carbonyl (C=O) groups is 1. The number of imidazole rings is 1. The molecule has 2 heterocycles. The molecule has 0 amide bonds. The summed E-state index contributed by atoms with van der Waals surface area (Å²) in [7, 11) is 0. The van der Waals surface area contributed by atoms with E-state index in [2.05, 4.69) is 25.0 Å². The van der Waals surface area contributed by atoms with Crippen LogP contribution in [0.3, 0.4) is 0 Å². The van der Waals surface area contributed by atoms with E-state index in [1.54, 1.807) is 0 Å². The third-order valence-electron chi connectivity index (χ3n) is 5.07. The average molecular weight is 561 g/mol. The van der Waals surface area contributed by atoms with Gasteiger partial charge in [-0.3, -0.25) is 4.57 Å². The molecule has 1 aromatic carbocycles. The molecule has 0 aliphatic carbocycles. The van der Waals surface area contributed by atoms with Gasteiger partial charge >= 0.3 is 18.5 Å². The number of halogens is 6. The van der Waals surface area contributed by atoms with E-state index >= 15 is 0 Å². The second-order valence-corrected chi connectivity index (χ2v) is 8.86. The van der Waals surface area contributed by atoms with Gasteiger partial charge in [0, 0.05) is 24.2 Å². The van der Waals surface area contributed by atoms with Gasteiger partial charge in [-0.2, -0.15) is 23.1 Å². The van der Waals surface area contributed by atoms with Crippen molar-refractivity contribution in [3.8, 4) is 28.8 Å². The molecule has 0 bridgehead atoms. The summed E-state index contributed by atoms with van der Waals surface area (Å²) in [5, 5.41) is 12.4. The van der Waals surface area contributed by atoms with E-state index in [-0.39, 0.29) is 43.0 Å². The highest BCUT2D eigenvalue weighted by atomic mass is 19.4. The minimum absolute atomic E-state index is 0.0297. The third-order valence-corrected chi connectivity index (χ3v) is 5.07. The van der Waals surface area contributed by atoms with Crippen LogP contribution in [0, 0.1) is 5.92 Å². The zero-order valence-electron chi connectivity index (χ0n) is 20.8. The maximum Gasteiger partial charge on any atom is 0.573 e. The summed E-state index contributed by atoms with van der Waals surface area (Å²) in [4.78, 5) is 24.4. The monoisotopic (exact) mass is 561 g/mol. The van der Waals surface area contributed by atoms with Gasteiger partial charge in [0.25, 0.3) is 0 Å². The van der Waals surface area contributed by atoms with E-state index in [0.717, 1.165) is 12.1 Å². The van der Waals surface area contributed by atoms with E-state index in [9.17, 15) is 36.2 Å². The first-order valence-electron chi connectivity index (χ1n) is 11.7. The number of hydrogen-bond acceptors (Lipinski definition) is 7. The molecule has 0 spiro atoms. The Morgan fingerprint density at radius 1 is 1.10 bits per heavy atom. The van der Waals surface area contributed by atoms with Crippen LogP contribution < -0.4 is 14.8 Å². The van der Waals surface area contributed by atoms with Gasteiger partial charge in [-0.15, -0.1) is 13.2 Å². The number of rotatable bonds is 12. The zero-order valence-corrected chi connectivity index (χ0v) is 20.8. The molecule has 1 unspecified atom stereocenters. The Balaban J connectivity index is 1.86. The van der Waals surface area contributed by atoms with Gasteiger partial charge in [0.15, 0.2) is 0 Å². The van der Waals surface area contributed by atoms with E-state index in [1.165, 1.54) is 35.3 Å². The van der Waals surface area contributed by atoms with Gasteiger partial charge < -0.3 is 19.9 Å². The number of anilines is 1. The maximum absolute atomic E-state index is 12.5. The fourth-order valence-electron chi connectivity index (χ4n) is 3.41. The number of carboxylic acids is 1. The molecule has 0 aliphatic rings. The topological polar surface area (TPSA) is 111 Å². The van der Waals surface area contributed by atoms with Gasteiger partial charge in [-0.25, -0.2) is 9.78 Å². The van der Waals surface area contributed by atoms with Crippen molar-refractivity contribution in [3.05, 3.63) is 42.9 Å². The number of aromatic nitrogens is 4. The van der Waals surface area contributed by atoms with Gasteiger partial charge in [0.05, 0.1) is 12.3 Å². The van der Waals surface area contributed by atoms with Crippen LogP contribution in [0.5, 0.6) is 11.6 Å². The molecule has 9 nitrogen and oxygen atoms in total. The van der Waals surface area contributed by atoms with E-state index in [0.29, 0.717) is 11.3 Å². The van der Waals surface area contributed by atoms with Crippen LogP contribution in [-0.4, -0.2) is 55.8 Å². The third kappa shape index (κ3) is 9.65. The van der Waals surface area contributed by atoms with Gasteiger partial charge in [0.1, 0.15) is 23.9 Å². The second kappa shape index (κ2) is 12.2. The van der Waals surface area contributed by atoms with Crippen molar-refractivity contribution in [2.45, 2.75) is 51.7 Å². The smallest absolute Gasteiger partial charge is 0.480 e. The fourth-order valence-corrected chi connectivity index (χ4v) is 3.41. The molecule has 15 heteroatoms. The average Bonchev–Trinajstić information content (AvgIpc) is 3.30. The first-order chi connectivity index (χ1) is 18.2. The van der Waals surface area contributed by atoms with Gasteiger partial charge in [-0.1, -0.05) is 13.8 Å². The molecule has 212 valence electrons. The van der Waals surface area contributed by atoms with Crippen LogP contribution >= 0.6 is 0 Å². The summed E-state index contributed by atoms with van der Waals surface area (Å²) in [6.07, 6.45) is -7.51. The molecule has 3 aromatic rings. The number of nitrogens with zero attached hydrogens (tertiary/aromatic N) is 4. The van der Waals surface area contributed by atoms with Gasteiger partial charge in [-0.05, 0) is 43.0 Å². The lowest BCUT2D eigenvalue weighted by Gasteiger charge is -2.18. The second-order valence-electron chi connectivity index (χ2n) is 8.86. The summed E-state index contributed by atoms with van der Waals surface area (Å²) in [5.41, 5.74) is 0.787. The number of benzene rings is 1. The Kier molecular flexibility index (Phi) is 9.24. The predicted octanol–water partition coefficient (Wildman–Crippen LogP) is 5.86. The van der Waals surface area contributed by atoms with Gasteiger partial charge in [0.2, 0.25) is 11.8 Å². The highest BCUT2D eigenvalue weighted by Gasteiger charge is 2.31. The van der Waals surface area contributed by atoms with Crippen LogP contribution in [0.25, 0.3) is 17.2 Å². The van der Waals surface area contributed by atoms with Crippen molar-refractivity contribution in [1.82, 2.24) is 19.5 Å². The first-order valence-corrected chi connectivity index (χ1v) is 11.7. The lowest BCUT2D eigenvalue weighted by atomic mass is 10.0. The van der Waals surface area contributed by atoms with Crippen molar-refractivity contribution in [1.29, 1.82) is 0 Å². The summed E-state index contributed by atoms with van der Waals surface area (Å²) in [5.74, 6) is -1.57. The summed E-state index contributed by atoms with van der Waals surface area (Å²) in [6.45, 7) is 3.38. The lowest BCUT2D eigenvalue weighted by Crippen LogP contribution is -2.31. The molecule has 0 saturated heterocycles. The van der Waals surface area contributed by atoms with Crippen molar-refractivity contribution in [2.75, 3.05) is 11.9 Å². The lowest BCUT2D eigenvalue weighted by molar-refractivity contribution is -0.274. The highest BCUT2D eigenvalue weighted by molar-refractivity contribution is 5.77. The van der Waals surface area contributed by atoms with Crippen molar-refractivity contribution >= 4 is 11.8 Å². The molecule has 0 aliphatic heterocycles. The molecule has 0 fully saturated rings. The summed E-state index contributed by atoms with van der Waals surface area (Å²) >= 11 is 0. The first kappa shape index (κ1) is 29.5. The SMILES string of the molecule is CC(C)CC(Nc1cc(OCCCC(F)(F)F)nc(-n2cnc(-c3ccc(OC(F)(F)F)cc3)c2)n1)C(=O)O. The molecular formula is C24H25F6N5O4. The summed E-state index contributed by atoms with van der Waals surface area (Å²) < 4.78 is 85.2. The highest BCUT2D eigenvalue weighted by Crippen LogP contribution is 2.27. The van der Waals surface area contributed by atoms with Crippen molar-refractivity contribution < 1.29 is 45.7 Å². The number of hydrogen-bond donors (Lipinski definition) is 2. The van der Waals surface area contributed by atoms with Crippen molar-refractivity contribution in [3.63, 3.8) is 0 Å². The number of alkyl halides is 6. The van der Waals surface area contributed by atoms with Crippen LogP contribution in [0.15, 0.2) is 42.9 Å². The number of ether oxygens (including phenoxy) is 2. The normalized spacial score (nSPS) is 12.8. The molecule has 1 atom stereocenters. The molecule has 39 heavy (non-hydrogen) atoms. The minimum atomic E-state index is -4.83. The molecule has 2 N–H and O–H groups in total. The standard InChI is InChI=1S/C24H25F6N5O4/c1-14(2)10-17(21(36)37)32-19-11-20(38-9-3-8-23(25,26)27)34-22(33-19)35-12-18(31-13-35)15-4-6-16(7-5-15)39-24(28,29)30/h4-7,11-14,17H,3,8-10H2,1-2H3,(H,36,37)(H,32,33,34). The zero-order chi connectivity index (χ0) is 28.8. The van der Waals surface area contributed by atoms with Crippen LogP contribution in [0.4, 0.5) is 32.2 Å². The van der Waals surface area contributed by atoms with E-state index in [4.69, 9.17) is 4.74 Å². The van der Waals surface area contributed by atoms with Crippen LogP contribution in [-0.2, 0) is 4.79 Å². The Morgan fingerprint density at radius 2 is 1.79 bits per heavy atom. The fraction of sp³-hybridized carbons (Fsp3) is 0.417. The Hall–Kier alpha value is -4.04. The van der Waals surface area contributed by atoms with Crippen molar-refractivity contribution in [2.24, 2.45) is 5.92 Å². The largest absolute Gasteiger partial charge is 0.573 e. The van der Waals surface area contributed by atoms with Crippen LogP contribution in [0.1, 0.15) is 33.1 Å². The van der Waals surface area contributed by atoms with Crippen LogP contribution in [0.2, 0.25) is 0 Å². The molecular weight excluding hydrogens is 536 g/mol. The number of carboxylic acid groups (broad SMARTS) is 1. The number of nitrogens with one attached hydrogen (secondary N) is 1. The molecule has 2 aromatic heterocycles. The molecule has 0 radical (unpaired) electrons. The minimum Gasteiger partial charge on any atom is -0.480 e. The van der Waals surface area contributed by atoms with E-state index < -0.39 is 36.7 Å². The predicted molar refractivity (Wildman–Crippen MR) is 127 cm³/mol. The Bertz CT molecular complexity index is 1250. The maximum atomic E-state index is 12.5. The Morgan fingerprint density at radius 3 is 2.38 bits per heavy atom.